The second kappa shape index (κ2) is 78.2. The van der Waals surface area contributed by atoms with Gasteiger partial charge in [0.1, 0.15) is 49.1 Å². The van der Waals surface area contributed by atoms with E-state index in [0.717, 1.165) is 10.5 Å². The van der Waals surface area contributed by atoms with Gasteiger partial charge in [-0.15, -0.1) is 12.8 Å². The summed E-state index contributed by atoms with van der Waals surface area (Å²) in [5.41, 5.74) is 2.77. The first kappa shape index (κ1) is 119. The normalized spacial score (nSPS) is 20.6. The van der Waals surface area contributed by atoms with E-state index >= 15 is 0 Å². The van der Waals surface area contributed by atoms with E-state index in [1.807, 2.05) is 32.1 Å². The molecule has 4 aliphatic rings. The number of ketones is 2. The third-order valence-electron chi connectivity index (χ3n) is 18.3. The van der Waals surface area contributed by atoms with E-state index < -0.39 is 102 Å². The molecule has 34 nitrogen and oxygen atoms in total. The zero-order chi connectivity index (χ0) is 103. The average molecular weight is 2000 g/mol. The van der Waals surface area contributed by atoms with E-state index in [-0.39, 0.29) is 117 Å². The number of piperidine rings is 1. The van der Waals surface area contributed by atoms with Crippen LogP contribution in [0, 0.1) is 350 Å². The molecule has 1 aromatic rings. The van der Waals surface area contributed by atoms with E-state index in [1.54, 1.807) is 45.0 Å². The van der Waals surface area contributed by atoms with Crippen molar-refractivity contribution in [3.8, 4) is 326 Å². The zero-order valence-electron chi connectivity index (χ0n) is 77.1. The summed E-state index contributed by atoms with van der Waals surface area (Å²) in [6.45, 7) is 8.54. The molecule has 3 heterocycles. The van der Waals surface area contributed by atoms with Gasteiger partial charge in [-0.05, 0) is 268 Å². The van der Waals surface area contributed by atoms with Crippen LogP contribution < -0.4 is 10.4 Å². The number of nitrogens with zero attached hydrogens (tertiary/aromatic N) is 1. The maximum absolute atomic E-state index is 14.5. The molecule has 0 spiro atoms. The maximum Gasteiger partial charge on any atom is 0.330 e. The van der Waals surface area contributed by atoms with Crippen molar-refractivity contribution in [2.45, 2.75) is 166 Å². The number of Topliss-reactive ketones (excluding diaryl/α,β-unsaturated/α-hetero) is 2. The fourth-order valence-electron chi connectivity index (χ4n) is 12.3. The summed E-state index contributed by atoms with van der Waals surface area (Å²) >= 11 is 0. The van der Waals surface area contributed by atoms with Crippen LogP contribution in [-0.2, 0) is 123 Å². The Balaban J connectivity index is -0.0000000511. The Morgan fingerprint density at radius 1 is 0.528 bits per heavy atom. The molecule has 2 saturated heterocycles. The number of ether oxygens (including phenoxy) is 7. The molecule has 142 heavy (non-hydrogen) atoms. The summed E-state index contributed by atoms with van der Waals surface area (Å²) in [6.07, 6.45) is 13.0. The highest BCUT2D eigenvalue weighted by molar-refractivity contribution is 6.39. The molecule has 1 saturated carbocycles. The molecule has 1 unspecified atom stereocenters. The van der Waals surface area contributed by atoms with Crippen LogP contribution in [0.3, 0.4) is 0 Å². The first-order valence-corrected chi connectivity index (χ1v) is 41.4. The van der Waals surface area contributed by atoms with E-state index in [1.165, 1.54) is 39.1 Å². The molecule has 1 amide bonds. The number of fused-ring (bicyclic) bond motifs is 3. The minimum Gasteiger partial charge on any atom is -0.491 e. The van der Waals surface area contributed by atoms with E-state index in [4.69, 9.17) is 56.5 Å². The number of methoxy groups -OCH3 is 3. The molecule has 15 atom stereocenters. The quantitative estimate of drug-likeness (QED) is 0.00628. The second-order valence-corrected chi connectivity index (χ2v) is 27.9. The van der Waals surface area contributed by atoms with Gasteiger partial charge in [0.2, 0.25) is 5.79 Å². The topological polar surface area (TPSA) is 416 Å². The van der Waals surface area contributed by atoms with Gasteiger partial charge in [-0.1, -0.05) is 72.7 Å². The number of terminal acetylenes is 2. The molecule has 3 aliphatic heterocycles. The minimum absolute atomic E-state index is 0. The highest BCUT2D eigenvalue weighted by Crippen LogP contribution is 2.40. The number of aliphatic hydroxyl groups excluding tert-OH is 3. The maximum atomic E-state index is 14.5. The Bertz CT molecular complexity index is 6360. The number of amides is 1. The molecule has 1 aromatic carbocycles. The first-order chi connectivity index (χ1) is 69.1. The van der Waals surface area contributed by atoms with Crippen molar-refractivity contribution in [3.05, 3.63) is 65.8 Å². The summed E-state index contributed by atoms with van der Waals surface area (Å²) < 4.78 is 40.8. The van der Waals surface area contributed by atoms with Gasteiger partial charge in [0.05, 0.1) is 30.5 Å². The fraction of sp³-hybridized carbons (Fsp3) is 0.343. The van der Waals surface area contributed by atoms with Crippen LogP contribution in [0.5, 0.6) is 5.75 Å². The van der Waals surface area contributed by atoms with Gasteiger partial charge in [-0.2, -0.15) is 0 Å². The van der Waals surface area contributed by atoms with Crippen molar-refractivity contribution in [1.82, 2.24) is 10.5 Å². The van der Waals surface area contributed by atoms with Gasteiger partial charge in [-0.3, -0.25) is 14.4 Å². The predicted molar refractivity (Wildman–Crippen MR) is 576 cm³/mol. The highest BCUT2D eigenvalue weighted by atomic mass is 17.9. The van der Waals surface area contributed by atoms with Crippen molar-refractivity contribution >= 4 is 29.4 Å². The fourth-order valence-corrected chi connectivity index (χ4v) is 12.3. The third-order valence-corrected chi connectivity index (χ3v) is 18.3. The van der Waals surface area contributed by atoms with E-state index in [9.17, 15) is 44.4 Å². The smallest absolute Gasteiger partial charge is 0.330 e. The van der Waals surface area contributed by atoms with Crippen molar-refractivity contribution < 1.29 is 213 Å². The van der Waals surface area contributed by atoms with Gasteiger partial charge in [0.25, 0.3) is 11.7 Å². The molecule has 3 fully saturated rings. The molecular formula is C108H160N2O32. The number of aliphatic hydroxyl groups is 4. The highest BCUT2D eigenvalue weighted by Gasteiger charge is 2.57. The molecule has 5 rings (SSSR count). The number of hydrogen-bond donors (Lipinski definition) is 7. The van der Waals surface area contributed by atoms with Crippen molar-refractivity contribution in [2.24, 2.45) is 29.6 Å². The molecule has 7 N–H and O–H groups in total. The lowest BCUT2D eigenvalue weighted by molar-refractivity contribution is -0.833. The summed E-state index contributed by atoms with van der Waals surface area (Å²) in [4.78, 5) is 79.0. The molecule has 2 bridgehead atoms. The molecule has 794 valence electrons. The lowest BCUT2D eigenvalue weighted by atomic mass is 9.81. The second-order valence-electron chi connectivity index (χ2n) is 27.9. The van der Waals surface area contributed by atoms with Crippen LogP contribution >= 0.6 is 0 Å². The Morgan fingerprint density at radius 3 is 1.35 bits per heavy atom. The summed E-state index contributed by atoms with van der Waals surface area (Å²) in [7, 11) is 4.53. The molecule has 0 radical (unpaired) electrons. The lowest BCUT2D eigenvalue weighted by Crippen LogP contribution is -2.64. The Hall–Kier alpha value is -16.9. The largest absolute Gasteiger partial charge is 0.491 e. The SMILES string of the molecule is C#CC#CC#CC#CC#CC#CC#CC#CC#CC#CC#CC#CC#CC#CC#CC#CC#CC#CC#CC#CC#CC#CC#CC#CC#CC#CC#C.CO[C@H]1C[C@@H](C)C/C(C)=C/[C@@H](C/C=C/C(=O)OCC(O)COc2ccccc2)C(=O)C[C@H](O)[C@@H](C)[C@@H](/C(C)=C/[C@@H]2CC[C@@H](O)[C@H](OC)C2)OC(=O)[C@@H]2CCCCN2C(=O)C(=O)[C@]2(O)O[C@H]1[C@@H](OC)C[C@H]2C.OOOOOOOONOOOOOOOO.[HH].[HH].[HH].[HH].[HH].[HH].[HH].[HH].[HH].[HH].[HH].[HH].[HH].[HH].[HH].[HH].[HH].[HH].[HH].[HH].[HH].[HH].[HH].[HH].[HH].[HH].[HH].[HH].[HH].[HH].[HH].[HH].[HH].[HH].[HH].[HH].[HH].[HH]. The van der Waals surface area contributed by atoms with E-state index in [0.29, 0.717) is 56.3 Å². The number of allylic oxidation sites excluding steroid dienone is 4. The summed E-state index contributed by atoms with van der Waals surface area (Å²) in [5, 5.41) is 99.8. The lowest BCUT2D eigenvalue weighted by Gasteiger charge is -2.47. The molecule has 1 aliphatic carbocycles. The van der Waals surface area contributed by atoms with Crippen LogP contribution in [0.4, 0.5) is 0 Å². The number of carbonyl (C=O) groups excluding carboxylic acids is 5. The predicted octanol–water partition coefficient (Wildman–Crippen LogP) is 13.2. The van der Waals surface area contributed by atoms with Gasteiger partial charge >= 0.3 is 11.9 Å². The Morgan fingerprint density at radius 2 is 0.937 bits per heavy atom. The number of benzene rings is 1. The first-order valence-electron chi connectivity index (χ1n) is 41.4. The number of para-hydroxylation sites is 1. The number of hydrogen-bond acceptors (Lipinski definition) is 33. The van der Waals surface area contributed by atoms with Crippen LogP contribution in [-0.4, -0.2) is 167 Å². The molecule has 34 heteroatoms. The Kier molecular flexibility index (Phi) is 65.7. The number of nitrogens with one attached hydrogen (secondary N) is 1. The summed E-state index contributed by atoms with van der Waals surface area (Å²) in [6, 6.07) is 7.69. The van der Waals surface area contributed by atoms with Crippen LogP contribution in [0.15, 0.2) is 65.8 Å². The Labute approximate surface area is 879 Å². The number of cyclic esters (lactones) is 1. The number of esters is 2. The average Bonchev–Trinajstić information content (AvgIpc) is 0.774. The van der Waals surface area contributed by atoms with Crippen LogP contribution in [0.2, 0.25) is 0 Å². The molecule has 0 aromatic heterocycles. The van der Waals surface area contributed by atoms with Crippen LogP contribution in [0.1, 0.15) is 159 Å². The van der Waals surface area contributed by atoms with Crippen molar-refractivity contribution in [1.29, 1.82) is 0 Å². The van der Waals surface area contributed by atoms with Crippen molar-refractivity contribution in [2.75, 3.05) is 41.1 Å². The summed E-state index contributed by atoms with van der Waals surface area (Å²) in [5.74, 6) is 119. The van der Waals surface area contributed by atoms with Gasteiger partial charge < -0.3 is 58.5 Å². The standard InChI is InChI=1S/C54H79NO16.C54H2.H3NO16.38H2/c1-32-23-33(2)25-46(66-7)50-47(67-8)27-35(4)54(64,71-50)51(61)52(62)55-22-13-12-18-41(55)53(63)70-49(34(3)26-37-20-21-42(57)45(28-37)65-6)36(5)43(58)29-44(59)38(24-32)15-14-19-48(60)69-31-39(56)30-68-40-16-10-9-11-17-40;1-3-5-7-9-11-13-15-17-19-21-23-25-27-29-31-33-35-37-39-41-43-45-47-49-51-53-54-52-50-48-46-44-42-40-38-36-34-32-30-28-26-24-22-20-18-16-14-12-10-8-6-4-2;2-6-10-14-16-12-8-4-1-5-9-13-17-15-11-7-3;;;;;;;;;;;;;;;;;;;;;;;;;;;;;;;;;;;;;;/h9-11,14,16-17,19,24,26,33,35-39,41-43,45-47,49-50,56-58,64H,12-13,15,18,20-23,25,27-31H2,1-8H3;1-2H;1-3H;38*1H/b19-14+,32-24+,34-26+;;;;;;;;;;;;;;;;;;;;;;;;;;;;;;;;;;;;;;;;/t33-,35+,36+,37-,38+,39?,41-,42+,43-,45+,46-,47-,49+,50+,54+;;;;;;;;;;;;;;;;;;;;;;;;;;;;;;;;;;;;;;;;/m0......................................../s1. The zero-order valence-corrected chi connectivity index (χ0v) is 77.1. The third kappa shape index (κ3) is 54.7. The van der Waals surface area contributed by atoms with Gasteiger partial charge in [0, 0.05) is 325 Å². The van der Waals surface area contributed by atoms with Crippen LogP contribution in [0.25, 0.3) is 0 Å². The minimum atomic E-state index is -2.57. The number of carbonyl (C=O) groups is 5. The van der Waals surface area contributed by atoms with E-state index in [2.05, 4.69) is 378 Å². The molecular weight excluding hydrogens is 1840 g/mol. The van der Waals surface area contributed by atoms with Gasteiger partial charge in [-0.25, -0.2) is 20.1 Å². The number of rotatable bonds is 27. The van der Waals surface area contributed by atoms with Gasteiger partial charge in [0.15, 0.2) is 0 Å². The van der Waals surface area contributed by atoms with Crippen molar-refractivity contribution in [3.63, 3.8) is 0 Å². The monoisotopic (exact) mass is 2000 g/mol.